The van der Waals surface area contributed by atoms with Gasteiger partial charge < -0.3 is 14.8 Å². The first-order valence-electron chi connectivity index (χ1n) is 7.18. The summed E-state index contributed by atoms with van der Waals surface area (Å²) in [6, 6.07) is 6.00. The molecule has 110 valence electrons. The summed E-state index contributed by atoms with van der Waals surface area (Å²) in [5.41, 5.74) is 3.83. The molecule has 0 atom stereocenters. The van der Waals surface area contributed by atoms with Gasteiger partial charge in [-0.3, -0.25) is 9.59 Å². The van der Waals surface area contributed by atoms with E-state index in [-0.39, 0.29) is 5.91 Å². The molecule has 5 nitrogen and oxygen atoms in total. The fraction of sp³-hybridized carbons (Fsp3) is 0.375. The summed E-state index contributed by atoms with van der Waals surface area (Å²) in [5.74, 6) is 0.0508. The minimum Gasteiger partial charge on any atom is -0.358 e. The van der Waals surface area contributed by atoms with Gasteiger partial charge >= 0.3 is 0 Å². The van der Waals surface area contributed by atoms with Gasteiger partial charge in [-0.1, -0.05) is 18.2 Å². The van der Waals surface area contributed by atoms with E-state index >= 15 is 0 Å². The smallest absolute Gasteiger partial charge is 0.256 e. The molecule has 0 bridgehead atoms. The lowest BCUT2D eigenvalue weighted by Crippen LogP contribution is -2.48. The molecule has 2 amide bonds. The minimum atomic E-state index is 0.0508. The Balaban J connectivity index is 1.94. The summed E-state index contributed by atoms with van der Waals surface area (Å²) >= 11 is 0. The zero-order valence-corrected chi connectivity index (χ0v) is 12.3. The fourth-order valence-electron chi connectivity index (χ4n) is 2.96. The third-order valence-electron chi connectivity index (χ3n) is 4.19. The number of hydrogen-bond acceptors (Lipinski definition) is 2. The average Bonchev–Trinajstić information content (AvgIpc) is 2.84. The molecular weight excluding hydrogens is 266 g/mol. The Labute approximate surface area is 123 Å². The molecule has 1 fully saturated rings. The van der Waals surface area contributed by atoms with E-state index in [1.54, 1.807) is 4.90 Å². The van der Waals surface area contributed by atoms with Gasteiger partial charge in [0, 0.05) is 42.8 Å². The van der Waals surface area contributed by atoms with E-state index in [1.165, 1.54) is 0 Å². The van der Waals surface area contributed by atoms with Crippen molar-refractivity contribution >= 4 is 23.2 Å². The van der Waals surface area contributed by atoms with E-state index in [2.05, 4.69) is 4.98 Å². The van der Waals surface area contributed by atoms with Gasteiger partial charge in [0.25, 0.3) is 5.91 Å². The summed E-state index contributed by atoms with van der Waals surface area (Å²) in [6.07, 6.45) is 0.849. The van der Waals surface area contributed by atoms with Crippen LogP contribution in [-0.4, -0.2) is 53.3 Å². The normalized spacial score (nSPS) is 15.5. The second-order valence-electron chi connectivity index (χ2n) is 5.56. The predicted molar refractivity (Wildman–Crippen MR) is 81.3 cm³/mol. The second-order valence-corrected chi connectivity index (χ2v) is 5.56. The predicted octanol–water partition coefficient (Wildman–Crippen LogP) is 1.70. The standard InChI is InChI=1S/C16H19N3O2/c1-11-4-3-5-13-14(12(2)17-15(11)13)16(21)19-8-6-18(10-20)7-9-19/h3-5,10,17H,6-9H2,1-2H3. The molecule has 2 aromatic rings. The van der Waals surface area contributed by atoms with Crippen LogP contribution in [0.3, 0.4) is 0 Å². The lowest BCUT2D eigenvalue weighted by molar-refractivity contribution is -0.119. The Morgan fingerprint density at radius 1 is 1.19 bits per heavy atom. The van der Waals surface area contributed by atoms with Crippen molar-refractivity contribution in [2.45, 2.75) is 13.8 Å². The molecular formula is C16H19N3O2. The highest BCUT2D eigenvalue weighted by Crippen LogP contribution is 2.26. The van der Waals surface area contributed by atoms with Crippen LogP contribution in [0.5, 0.6) is 0 Å². The number of fused-ring (bicyclic) bond motifs is 1. The summed E-state index contributed by atoms with van der Waals surface area (Å²) in [6.45, 7) is 6.38. The number of carbonyl (C=O) groups is 2. The summed E-state index contributed by atoms with van der Waals surface area (Å²) in [4.78, 5) is 30.4. The van der Waals surface area contributed by atoms with E-state index in [4.69, 9.17) is 0 Å². The van der Waals surface area contributed by atoms with E-state index in [9.17, 15) is 9.59 Å². The molecule has 3 rings (SSSR count). The Morgan fingerprint density at radius 3 is 2.57 bits per heavy atom. The number of hydrogen-bond donors (Lipinski definition) is 1. The van der Waals surface area contributed by atoms with Crippen LogP contribution in [0, 0.1) is 13.8 Å². The minimum absolute atomic E-state index is 0.0508. The molecule has 0 spiro atoms. The van der Waals surface area contributed by atoms with Crippen molar-refractivity contribution in [3.8, 4) is 0 Å². The van der Waals surface area contributed by atoms with Crippen molar-refractivity contribution in [3.63, 3.8) is 0 Å². The number of benzene rings is 1. The number of carbonyl (C=O) groups excluding carboxylic acids is 2. The van der Waals surface area contributed by atoms with E-state index in [1.807, 2.05) is 36.9 Å². The van der Waals surface area contributed by atoms with Crippen LogP contribution < -0.4 is 0 Å². The molecule has 0 aliphatic carbocycles. The van der Waals surface area contributed by atoms with Gasteiger partial charge in [0.1, 0.15) is 0 Å². The van der Waals surface area contributed by atoms with Crippen molar-refractivity contribution in [3.05, 3.63) is 35.0 Å². The molecule has 1 aromatic carbocycles. The van der Waals surface area contributed by atoms with E-state index in [0.29, 0.717) is 26.2 Å². The lowest BCUT2D eigenvalue weighted by Gasteiger charge is -2.32. The van der Waals surface area contributed by atoms with E-state index in [0.717, 1.165) is 34.1 Å². The quantitative estimate of drug-likeness (QED) is 0.854. The summed E-state index contributed by atoms with van der Waals surface area (Å²) in [7, 11) is 0. The molecule has 0 radical (unpaired) electrons. The van der Waals surface area contributed by atoms with Gasteiger partial charge in [-0.25, -0.2) is 0 Å². The SMILES string of the molecule is Cc1[nH]c2c(C)cccc2c1C(=O)N1CCN(C=O)CC1. The maximum absolute atomic E-state index is 12.8. The number of piperazine rings is 1. The lowest BCUT2D eigenvalue weighted by atomic mass is 10.1. The molecule has 5 heteroatoms. The number of H-pyrrole nitrogens is 1. The number of aryl methyl sites for hydroxylation is 2. The van der Waals surface area contributed by atoms with Gasteiger partial charge in [0.2, 0.25) is 6.41 Å². The molecule has 1 aromatic heterocycles. The van der Waals surface area contributed by atoms with Crippen LogP contribution in [0.4, 0.5) is 0 Å². The molecule has 1 saturated heterocycles. The van der Waals surface area contributed by atoms with Crippen molar-refractivity contribution < 1.29 is 9.59 Å². The van der Waals surface area contributed by atoms with Crippen molar-refractivity contribution in [2.75, 3.05) is 26.2 Å². The summed E-state index contributed by atoms with van der Waals surface area (Å²) < 4.78 is 0. The van der Waals surface area contributed by atoms with Gasteiger partial charge in [0.15, 0.2) is 0 Å². The highest BCUT2D eigenvalue weighted by Gasteiger charge is 2.25. The maximum atomic E-state index is 12.8. The molecule has 0 saturated carbocycles. The third kappa shape index (κ3) is 2.28. The number of nitrogens with zero attached hydrogens (tertiary/aromatic N) is 2. The first kappa shape index (κ1) is 13.7. The largest absolute Gasteiger partial charge is 0.358 e. The van der Waals surface area contributed by atoms with Gasteiger partial charge in [-0.2, -0.15) is 0 Å². The Kier molecular flexibility index (Phi) is 3.41. The average molecular weight is 285 g/mol. The fourth-order valence-corrected chi connectivity index (χ4v) is 2.96. The molecule has 0 unspecified atom stereocenters. The first-order valence-corrected chi connectivity index (χ1v) is 7.18. The number of rotatable bonds is 2. The Morgan fingerprint density at radius 2 is 1.90 bits per heavy atom. The second kappa shape index (κ2) is 5.24. The van der Waals surface area contributed by atoms with Gasteiger partial charge in [-0.05, 0) is 19.4 Å². The monoisotopic (exact) mass is 285 g/mol. The van der Waals surface area contributed by atoms with Crippen LogP contribution in [0.1, 0.15) is 21.6 Å². The van der Waals surface area contributed by atoms with Crippen molar-refractivity contribution in [1.82, 2.24) is 14.8 Å². The zero-order chi connectivity index (χ0) is 15.0. The van der Waals surface area contributed by atoms with Gasteiger partial charge in [-0.15, -0.1) is 0 Å². The Bertz CT molecular complexity index is 697. The maximum Gasteiger partial charge on any atom is 0.256 e. The molecule has 1 N–H and O–H groups in total. The summed E-state index contributed by atoms with van der Waals surface area (Å²) in [5, 5.41) is 0.982. The Hall–Kier alpha value is -2.30. The third-order valence-corrected chi connectivity index (χ3v) is 4.19. The number of para-hydroxylation sites is 1. The van der Waals surface area contributed by atoms with Crippen molar-refractivity contribution in [2.24, 2.45) is 0 Å². The van der Waals surface area contributed by atoms with E-state index < -0.39 is 0 Å². The van der Waals surface area contributed by atoms with Crippen LogP contribution in [0.2, 0.25) is 0 Å². The van der Waals surface area contributed by atoms with Crippen LogP contribution in [-0.2, 0) is 4.79 Å². The highest BCUT2D eigenvalue weighted by atomic mass is 16.2. The number of nitrogens with one attached hydrogen (secondary N) is 1. The van der Waals surface area contributed by atoms with Crippen LogP contribution in [0.15, 0.2) is 18.2 Å². The van der Waals surface area contributed by atoms with Gasteiger partial charge in [0.05, 0.1) is 5.56 Å². The topological polar surface area (TPSA) is 56.4 Å². The first-order chi connectivity index (χ1) is 10.1. The molecule has 2 heterocycles. The number of aromatic nitrogens is 1. The molecule has 1 aliphatic heterocycles. The molecule has 21 heavy (non-hydrogen) atoms. The highest BCUT2D eigenvalue weighted by molar-refractivity contribution is 6.08. The number of amides is 2. The van der Waals surface area contributed by atoms with Crippen molar-refractivity contribution in [1.29, 1.82) is 0 Å². The van der Waals surface area contributed by atoms with Crippen LogP contribution >= 0.6 is 0 Å². The van der Waals surface area contributed by atoms with Crippen LogP contribution in [0.25, 0.3) is 10.9 Å². The zero-order valence-electron chi connectivity index (χ0n) is 12.3. The number of aromatic amines is 1. The molecule has 1 aliphatic rings.